The van der Waals surface area contributed by atoms with Gasteiger partial charge in [-0.05, 0) is 20.8 Å². The van der Waals surface area contributed by atoms with Crippen molar-refractivity contribution in [1.29, 1.82) is 0 Å². The lowest BCUT2D eigenvalue weighted by Gasteiger charge is -2.05. The van der Waals surface area contributed by atoms with Gasteiger partial charge in [-0.2, -0.15) is 9.61 Å². The van der Waals surface area contributed by atoms with E-state index in [0.717, 1.165) is 23.5 Å². The molecule has 0 atom stereocenters. The summed E-state index contributed by atoms with van der Waals surface area (Å²) in [5, 5.41) is 12.8. The molecule has 3 aromatic rings. The Bertz CT molecular complexity index is 926. The smallest absolute Gasteiger partial charge is 0.275 e. The zero-order valence-electron chi connectivity index (χ0n) is 14.2. The molecule has 0 radical (unpaired) electrons. The van der Waals surface area contributed by atoms with E-state index >= 15 is 0 Å². The molecule has 3 aromatic heterocycles. The Morgan fingerprint density at radius 2 is 2.08 bits per heavy atom. The number of ether oxygens (including phenoxy) is 1. The Morgan fingerprint density at radius 3 is 2.83 bits per heavy atom. The van der Waals surface area contributed by atoms with E-state index in [-0.39, 0.29) is 5.56 Å². The van der Waals surface area contributed by atoms with Gasteiger partial charge in [-0.1, -0.05) is 11.3 Å². The summed E-state index contributed by atoms with van der Waals surface area (Å²) >= 11 is 1.36. The molecular formula is C15H20N6O2S. The first-order valence-corrected chi connectivity index (χ1v) is 8.44. The third-order valence-corrected chi connectivity index (χ3v) is 4.69. The van der Waals surface area contributed by atoms with Crippen molar-refractivity contribution in [3.63, 3.8) is 0 Å². The van der Waals surface area contributed by atoms with E-state index in [1.54, 1.807) is 14.0 Å². The van der Waals surface area contributed by atoms with Crippen molar-refractivity contribution in [3.05, 3.63) is 39.1 Å². The quantitative estimate of drug-likeness (QED) is 0.727. The highest BCUT2D eigenvalue weighted by Crippen LogP contribution is 2.19. The molecule has 1 N–H and O–H groups in total. The molecule has 0 saturated carbocycles. The third kappa shape index (κ3) is 3.17. The number of nitrogens with one attached hydrogen (secondary N) is 1. The van der Waals surface area contributed by atoms with Crippen molar-refractivity contribution in [1.82, 2.24) is 24.4 Å². The average Bonchev–Trinajstić information content (AvgIpc) is 3.05. The van der Waals surface area contributed by atoms with E-state index in [9.17, 15) is 4.79 Å². The molecule has 9 heteroatoms. The van der Waals surface area contributed by atoms with Gasteiger partial charge < -0.3 is 10.1 Å². The molecule has 0 aliphatic heterocycles. The summed E-state index contributed by atoms with van der Waals surface area (Å²) in [6.07, 6.45) is 0. The van der Waals surface area contributed by atoms with E-state index in [1.807, 2.05) is 18.5 Å². The number of aryl methyl sites for hydroxylation is 2. The Balaban J connectivity index is 1.80. The van der Waals surface area contributed by atoms with Gasteiger partial charge in [0.2, 0.25) is 10.1 Å². The Morgan fingerprint density at radius 1 is 1.29 bits per heavy atom. The summed E-state index contributed by atoms with van der Waals surface area (Å²) in [5.74, 6) is 0. The minimum absolute atomic E-state index is 0.165. The maximum Gasteiger partial charge on any atom is 0.275 e. The summed E-state index contributed by atoms with van der Waals surface area (Å²) < 4.78 is 8.38. The summed E-state index contributed by atoms with van der Waals surface area (Å²) in [6, 6.07) is 1.48. The van der Waals surface area contributed by atoms with Gasteiger partial charge in [-0.25, -0.2) is 4.98 Å². The molecule has 0 bridgehead atoms. The summed E-state index contributed by atoms with van der Waals surface area (Å²) in [4.78, 5) is 16.8. The topological polar surface area (TPSA) is 86.3 Å². The van der Waals surface area contributed by atoms with Crippen molar-refractivity contribution in [2.24, 2.45) is 0 Å². The molecule has 0 aliphatic carbocycles. The molecule has 0 amide bonds. The zero-order valence-corrected chi connectivity index (χ0v) is 15.0. The third-order valence-electron chi connectivity index (χ3n) is 3.83. The van der Waals surface area contributed by atoms with Crippen LogP contribution in [0.15, 0.2) is 10.9 Å². The molecule has 128 valence electrons. The van der Waals surface area contributed by atoms with Gasteiger partial charge in [0, 0.05) is 36.7 Å². The summed E-state index contributed by atoms with van der Waals surface area (Å²) in [6.45, 7) is 7.78. The van der Waals surface area contributed by atoms with Crippen LogP contribution in [0.1, 0.15) is 22.6 Å². The highest BCUT2D eigenvalue weighted by atomic mass is 32.1. The van der Waals surface area contributed by atoms with Crippen molar-refractivity contribution in [3.8, 4) is 0 Å². The van der Waals surface area contributed by atoms with E-state index < -0.39 is 0 Å². The number of fused-ring (bicyclic) bond motifs is 1. The molecule has 0 aromatic carbocycles. The molecule has 24 heavy (non-hydrogen) atoms. The van der Waals surface area contributed by atoms with Crippen molar-refractivity contribution in [2.75, 3.05) is 19.0 Å². The second-order valence-electron chi connectivity index (χ2n) is 5.56. The number of nitrogens with zero attached hydrogens (tertiary/aromatic N) is 5. The minimum atomic E-state index is -0.165. The first kappa shape index (κ1) is 16.6. The van der Waals surface area contributed by atoms with E-state index in [4.69, 9.17) is 4.74 Å². The van der Waals surface area contributed by atoms with Gasteiger partial charge >= 0.3 is 0 Å². The van der Waals surface area contributed by atoms with Gasteiger partial charge in [0.25, 0.3) is 5.56 Å². The summed E-state index contributed by atoms with van der Waals surface area (Å²) in [5.41, 5.74) is 3.73. The fraction of sp³-hybridized carbons (Fsp3) is 0.467. The second-order valence-corrected chi connectivity index (χ2v) is 6.51. The monoisotopic (exact) mass is 348 g/mol. The maximum atomic E-state index is 11.9. The predicted octanol–water partition coefficient (Wildman–Crippen LogP) is 1.53. The van der Waals surface area contributed by atoms with Crippen molar-refractivity contribution < 1.29 is 4.74 Å². The van der Waals surface area contributed by atoms with E-state index in [0.29, 0.717) is 28.9 Å². The lowest BCUT2D eigenvalue weighted by molar-refractivity contribution is 0.182. The van der Waals surface area contributed by atoms with Crippen LogP contribution in [0.2, 0.25) is 0 Å². The number of rotatable bonds is 6. The molecule has 3 heterocycles. The van der Waals surface area contributed by atoms with Gasteiger partial charge in [-0.3, -0.25) is 9.48 Å². The number of anilines is 1. The Kier molecular flexibility index (Phi) is 4.63. The number of aromatic nitrogens is 5. The van der Waals surface area contributed by atoms with Crippen molar-refractivity contribution >= 4 is 21.4 Å². The molecule has 3 rings (SSSR count). The molecule has 8 nitrogen and oxygen atoms in total. The molecule has 0 unspecified atom stereocenters. The van der Waals surface area contributed by atoms with Crippen LogP contribution in [0.3, 0.4) is 0 Å². The van der Waals surface area contributed by atoms with Crippen LogP contribution in [0.25, 0.3) is 4.96 Å². The van der Waals surface area contributed by atoms with Gasteiger partial charge in [0.1, 0.15) is 0 Å². The Labute approximate surface area is 143 Å². The van der Waals surface area contributed by atoms with E-state index in [1.165, 1.54) is 21.9 Å². The van der Waals surface area contributed by atoms with Gasteiger partial charge in [0.05, 0.1) is 18.8 Å². The predicted molar refractivity (Wildman–Crippen MR) is 92.8 cm³/mol. The number of hydrogen-bond acceptors (Lipinski definition) is 7. The second kappa shape index (κ2) is 6.70. The summed E-state index contributed by atoms with van der Waals surface area (Å²) in [7, 11) is 1.68. The maximum absolute atomic E-state index is 11.9. The van der Waals surface area contributed by atoms with Crippen LogP contribution < -0.4 is 10.9 Å². The van der Waals surface area contributed by atoms with Crippen LogP contribution >= 0.6 is 11.3 Å². The average molecular weight is 348 g/mol. The first-order chi connectivity index (χ1) is 11.5. The SMILES string of the molecule is COCCn1nc(C)c(CNc2nn3c(=O)cc(C)nc3s2)c1C. The molecule has 0 aliphatic rings. The van der Waals surface area contributed by atoms with Crippen molar-refractivity contribution in [2.45, 2.75) is 33.9 Å². The fourth-order valence-electron chi connectivity index (χ4n) is 2.54. The molecule has 0 fully saturated rings. The highest BCUT2D eigenvalue weighted by Gasteiger charge is 2.13. The molecule has 0 saturated heterocycles. The fourth-order valence-corrected chi connectivity index (χ4v) is 3.39. The number of hydrogen-bond donors (Lipinski definition) is 1. The standard InChI is InChI=1S/C15H20N6O2S/c1-9-7-13(22)21-15(17-9)24-14(19-21)16-8-12-10(2)18-20(11(12)3)5-6-23-4/h7H,5-6,8H2,1-4H3,(H,16,19). The van der Waals surface area contributed by atoms with Crippen LogP contribution in [-0.4, -0.2) is 38.1 Å². The first-order valence-electron chi connectivity index (χ1n) is 7.63. The lowest BCUT2D eigenvalue weighted by Crippen LogP contribution is -2.14. The van der Waals surface area contributed by atoms with E-state index in [2.05, 4.69) is 20.5 Å². The largest absolute Gasteiger partial charge is 0.383 e. The van der Waals surface area contributed by atoms with Gasteiger partial charge in [-0.15, -0.1) is 5.10 Å². The number of methoxy groups -OCH3 is 1. The molecule has 0 spiro atoms. The van der Waals surface area contributed by atoms with Crippen LogP contribution in [0.4, 0.5) is 5.13 Å². The van der Waals surface area contributed by atoms with Crippen LogP contribution in [-0.2, 0) is 17.8 Å². The minimum Gasteiger partial charge on any atom is -0.383 e. The van der Waals surface area contributed by atoms with Crippen LogP contribution in [0, 0.1) is 20.8 Å². The zero-order chi connectivity index (χ0) is 17.3. The molecular weight excluding hydrogens is 328 g/mol. The van der Waals surface area contributed by atoms with Crippen LogP contribution in [0.5, 0.6) is 0 Å². The normalized spacial score (nSPS) is 11.3. The van der Waals surface area contributed by atoms with Gasteiger partial charge in [0.15, 0.2) is 0 Å². The highest BCUT2D eigenvalue weighted by molar-refractivity contribution is 7.20. The Hall–Kier alpha value is -2.26. The lowest BCUT2D eigenvalue weighted by atomic mass is 10.2.